The molecule has 1 aliphatic carbocycles. The molecule has 0 aromatic heterocycles. The van der Waals surface area contributed by atoms with Crippen molar-refractivity contribution in [1.82, 2.24) is 10.2 Å². The number of carbonyl (C=O) groups is 4. The van der Waals surface area contributed by atoms with Crippen molar-refractivity contribution in [2.75, 3.05) is 24.6 Å². The number of ketones is 2. The van der Waals surface area contributed by atoms with E-state index in [1.165, 1.54) is 6.92 Å². The summed E-state index contributed by atoms with van der Waals surface area (Å²) >= 11 is 1.59. The van der Waals surface area contributed by atoms with E-state index >= 15 is 0 Å². The Morgan fingerprint density at radius 2 is 2.04 bits per heavy atom. The molecule has 134 valence electrons. The van der Waals surface area contributed by atoms with E-state index in [0.717, 1.165) is 12.2 Å². The normalized spacial score (nSPS) is 27.6. The highest BCUT2D eigenvalue weighted by Crippen LogP contribution is 2.31. The third-order valence-corrected chi connectivity index (χ3v) is 5.78. The van der Waals surface area contributed by atoms with Crippen molar-refractivity contribution >= 4 is 35.2 Å². The fraction of sp³-hybridized carbons (Fsp3) is 0.750. The van der Waals surface area contributed by atoms with Gasteiger partial charge in [0.2, 0.25) is 5.91 Å². The monoisotopic (exact) mass is 356 g/mol. The summed E-state index contributed by atoms with van der Waals surface area (Å²) in [4.78, 5) is 47.8. The summed E-state index contributed by atoms with van der Waals surface area (Å²) in [6, 6.07) is 0. The molecule has 7 nitrogen and oxygen atoms in total. The second kappa shape index (κ2) is 8.62. The summed E-state index contributed by atoms with van der Waals surface area (Å²) in [7, 11) is 0. The van der Waals surface area contributed by atoms with Crippen LogP contribution in [0.25, 0.3) is 0 Å². The average Bonchev–Trinajstić information content (AvgIpc) is 3.04. The van der Waals surface area contributed by atoms with Crippen LogP contribution in [0.15, 0.2) is 0 Å². The summed E-state index contributed by atoms with van der Waals surface area (Å²) in [5.74, 6) is -0.547. The number of Topliss-reactive ketones (excluding diaryl/α,β-unsaturated/α-hetero) is 2. The van der Waals surface area contributed by atoms with Gasteiger partial charge in [0.25, 0.3) is 0 Å². The molecule has 1 amide bonds. The van der Waals surface area contributed by atoms with Gasteiger partial charge in [0, 0.05) is 44.5 Å². The minimum atomic E-state index is -0.875. The van der Waals surface area contributed by atoms with Crippen molar-refractivity contribution < 1.29 is 24.3 Å². The molecule has 1 saturated carbocycles. The lowest BCUT2D eigenvalue weighted by Crippen LogP contribution is -2.47. The van der Waals surface area contributed by atoms with Crippen molar-refractivity contribution in [3.63, 3.8) is 0 Å². The van der Waals surface area contributed by atoms with Gasteiger partial charge in [-0.3, -0.25) is 24.1 Å². The maximum atomic E-state index is 11.8. The van der Waals surface area contributed by atoms with Gasteiger partial charge in [-0.2, -0.15) is 11.8 Å². The molecule has 8 heteroatoms. The zero-order valence-electron chi connectivity index (χ0n) is 13.8. The number of nitrogens with one attached hydrogen (secondary N) is 1. The highest BCUT2D eigenvalue weighted by Gasteiger charge is 2.39. The van der Waals surface area contributed by atoms with Crippen molar-refractivity contribution in [2.45, 2.75) is 38.8 Å². The fourth-order valence-corrected chi connectivity index (χ4v) is 4.49. The number of hydrogen-bond acceptors (Lipinski definition) is 6. The van der Waals surface area contributed by atoms with E-state index in [1.807, 2.05) is 4.90 Å². The van der Waals surface area contributed by atoms with E-state index in [2.05, 4.69) is 5.32 Å². The average molecular weight is 356 g/mol. The summed E-state index contributed by atoms with van der Waals surface area (Å²) in [6.45, 7) is 2.75. The molecule has 0 radical (unpaired) electrons. The zero-order chi connectivity index (χ0) is 17.7. The zero-order valence-corrected chi connectivity index (χ0v) is 14.6. The highest BCUT2D eigenvalue weighted by atomic mass is 32.2. The third-order valence-electron chi connectivity index (χ3n) is 4.61. The molecular weight excluding hydrogens is 332 g/mol. The Labute approximate surface area is 145 Å². The second-order valence-corrected chi connectivity index (χ2v) is 7.49. The number of carboxylic acids is 1. The van der Waals surface area contributed by atoms with Crippen LogP contribution in [0.1, 0.15) is 32.6 Å². The van der Waals surface area contributed by atoms with E-state index in [0.29, 0.717) is 38.1 Å². The van der Waals surface area contributed by atoms with Crippen LogP contribution in [-0.2, 0) is 19.2 Å². The minimum absolute atomic E-state index is 0.0405. The van der Waals surface area contributed by atoms with Crippen molar-refractivity contribution in [3.8, 4) is 0 Å². The maximum Gasteiger partial charge on any atom is 0.307 e. The first-order chi connectivity index (χ1) is 11.4. The highest BCUT2D eigenvalue weighted by molar-refractivity contribution is 7.99. The van der Waals surface area contributed by atoms with Gasteiger partial charge in [-0.25, -0.2) is 0 Å². The SMILES string of the molecule is CC(=O)NC1C(=O)CCN1CCCSC[C@@H]1C(=O)CC[C@H]1C(=O)O. The van der Waals surface area contributed by atoms with Crippen LogP contribution in [-0.4, -0.2) is 64.2 Å². The first-order valence-electron chi connectivity index (χ1n) is 8.27. The van der Waals surface area contributed by atoms with Crippen LogP contribution in [0.4, 0.5) is 0 Å². The van der Waals surface area contributed by atoms with Gasteiger partial charge in [0.05, 0.1) is 5.92 Å². The number of hydrogen-bond donors (Lipinski definition) is 2. The first-order valence-corrected chi connectivity index (χ1v) is 9.42. The van der Waals surface area contributed by atoms with Crippen LogP contribution in [0.3, 0.4) is 0 Å². The Morgan fingerprint density at radius 1 is 1.29 bits per heavy atom. The number of aliphatic carboxylic acids is 1. The van der Waals surface area contributed by atoms with Crippen molar-refractivity contribution in [3.05, 3.63) is 0 Å². The van der Waals surface area contributed by atoms with Gasteiger partial charge in [0.1, 0.15) is 11.9 Å². The van der Waals surface area contributed by atoms with Crippen LogP contribution < -0.4 is 5.32 Å². The number of nitrogens with zero attached hydrogens (tertiary/aromatic N) is 1. The topological polar surface area (TPSA) is 104 Å². The molecular formula is C16H24N2O5S. The lowest BCUT2D eigenvalue weighted by atomic mass is 9.98. The third kappa shape index (κ3) is 4.80. The molecule has 1 aliphatic heterocycles. The number of carbonyl (C=O) groups excluding carboxylic acids is 3. The largest absolute Gasteiger partial charge is 0.481 e. The summed E-state index contributed by atoms with van der Waals surface area (Å²) in [5.41, 5.74) is 0. The standard InChI is InChI=1S/C16H24N2O5S/c1-10(19)17-15-14(21)5-7-18(15)6-2-8-24-9-12-11(16(22)23)3-4-13(12)20/h11-12,15H,2-9H2,1H3,(H,17,19)(H,22,23)/t11-,12+,15?/m1/s1. The van der Waals surface area contributed by atoms with Crippen LogP contribution in [0.2, 0.25) is 0 Å². The molecule has 2 fully saturated rings. The smallest absolute Gasteiger partial charge is 0.307 e. The molecule has 0 aromatic carbocycles. The Bertz CT molecular complexity index is 525. The minimum Gasteiger partial charge on any atom is -0.481 e. The second-order valence-electron chi connectivity index (χ2n) is 6.34. The molecule has 2 N–H and O–H groups in total. The van der Waals surface area contributed by atoms with E-state index in [4.69, 9.17) is 5.11 Å². The molecule has 2 rings (SSSR count). The molecule has 3 atom stereocenters. The van der Waals surface area contributed by atoms with Crippen LogP contribution in [0, 0.1) is 11.8 Å². The molecule has 1 heterocycles. The molecule has 0 spiro atoms. The van der Waals surface area contributed by atoms with Gasteiger partial charge in [-0.1, -0.05) is 0 Å². The number of thioether (sulfide) groups is 1. The maximum absolute atomic E-state index is 11.8. The lowest BCUT2D eigenvalue weighted by molar-refractivity contribution is -0.143. The van der Waals surface area contributed by atoms with Crippen molar-refractivity contribution in [2.24, 2.45) is 11.8 Å². The molecule has 1 unspecified atom stereocenters. The summed E-state index contributed by atoms with van der Waals surface area (Å²) in [6.07, 6.45) is 1.59. The number of likely N-dealkylation sites (tertiary alicyclic amines) is 1. The van der Waals surface area contributed by atoms with Crippen LogP contribution in [0.5, 0.6) is 0 Å². The fourth-order valence-electron chi connectivity index (χ4n) is 3.32. The quantitative estimate of drug-likeness (QED) is 0.611. The molecule has 0 aromatic rings. The predicted octanol–water partition coefficient (Wildman–Crippen LogP) is 0.527. The van der Waals surface area contributed by atoms with Crippen LogP contribution >= 0.6 is 11.8 Å². The Morgan fingerprint density at radius 3 is 2.71 bits per heavy atom. The number of amides is 1. The first kappa shape index (κ1) is 18.9. The van der Waals surface area contributed by atoms with E-state index < -0.39 is 18.1 Å². The molecule has 0 bridgehead atoms. The van der Waals surface area contributed by atoms with E-state index in [1.54, 1.807) is 11.8 Å². The number of carboxylic acid groups (broad SMARTS) is 1. The lowest BCUT2D eigenvalue weighted by Gasteiger charge is -2.23. The van der Waals surface area contributed by atoms with Crippen molar-refractivity contribution in [1.29, 1.82) is 0 Å². The van der Waals surface area contributed by atoms with Gasteiger partial charge in [0.15, 0.2) is 5.78 Å². The summed E-state index contributed by atoms with van der Waals surface area (Å²) in [5, 5.41) is 11.8. The molecule has 1 saturated heterocycles. The Kier molecular flexibility index (Phi) is 6.79. The van der Waals surface area contributed by atoms with Gasteiger partial charge in [-0.15, -0.1) is 0 Å². The predicted molar refractivity (Wildman–Crippen MR) is 89.6 cm³/mol. The summed E-state index contributed by atoms with van der Waals surface area (Å²) < 4.78 is 0. The van der Waals surface area contributed by atoms with Gasteiger partial charge in [-0.05, 0) is 18.6 Å². The Balaban J connectivity index is 1.69. The van der Waals surface area contributed by atoms with Gasteiger partial charge >= 0.3 is 5.97 Å². The van der Waals surface area contributed by atoms with E-state index in [-0.39, 0.29) is 23.4 Å². The Hall–Kier alpha value is -1.41. The number of rotatable bonds is 8. The molecule has 24 heavy (non-hydrogen) atoms. The van der Waals surface area contributed by atoms with E-state index in [9.17, 15) is 19.2 Å². The van der Waals surface area contributed by atoms with Gasteiger partial charge < -0.3 is 10.4 Å². The molecule has 2 aliphatic rings.